The summed E-state index contributed by atoms with van der Waals surface area (Å²) in [7, 11) is 0. The molecule has 48 nitrogen and oxygen atoms in total. The van der Waals surface area contributed by atoms with Crippen molar-refractivity contribution in [3.63, 3.8) is 0 Å². The molecule has 49 heteroatoms. The van der Waals surface area contributed by atoms with Crippen molar-refractivity contribution in [1.29, 1.82) is 0 Å². The van der Waals surface area contributed by atoms with Crippen LogP contribution < -0.4 is 69.8 Å². The van der Waals surface area contributed by atoms with Gasteiger partial charge >= 0.3 is 17.9 Å². The first kappa shape index (κ1) is 97.1. The number of hydrogen-bond acceptors (Lipinski definition) is 35. The van der Waals surface area contributed by atoms with Crippen LogP contribution in [-0.2, 0) is 64.1 Å². The van der Waals surface area contributed by atoms with Gasteiger partial charge in [0.2, 0.25) is 59.1 Å². The quantitative estimate of drug-likeness (QED) is 0.0184. The minimum Gasteiger partial charge on any atom is -0.481 e. The molecule has 0 saturated heterocycles. The number of carboxylic acids is 3. The van der Waals surface area contributed by atoms with E-state index in [1.807, 2.05) is 5.32 Å². The molecule has 3 rings (SSSR count). The Bertz CT molecular complexity index is 3720. The molecule has 0 spiro atoms. The monoisotopic (exact) mass is 1630 g/mol. The van der Waals surface area contributed by atoms with Crippen molar-refractivity contribution in [2.24, 2.45) is 0 Å². The van der Waals surface area contributed by atoms with Gasteiger partial charge in [-0.05, 0) is 62.8 Å². The van der Waals surface area contributed by atoms with Gasteiger partial charge in [-0.15, -0.1) is 0 Å². The van der Waals surface area contributed by atoms with Crippen LogP contribution in [0.15, 0.2) is 35.3 Å². The maximum atomic E-state index is 14.6. The van der Waals surface area contributed by atoms with Gasteiger partial charge in [-0.3, -0.25) is 67.3 Å². The van der Waals surface area contributed by atoms with E-state index in [1.165, 1.54) is 18.3 Å². The van der Waals surface area contributed by atoms with Crippen LogP contribution in [0.3, 0.4) is 0 Å². The van der Waals surface area contributed by atoms with Gasteiger partial charge in [0, 0.05) is 81.7 Å². The molecule has 0 aliphatic carbocycles. The SMILES string of the molecule is Nc1nc2ncc(CNc3ccc(C(=O)NCCCC(=O)NC(CCC(=O)NCC(O)C(O)C(O)C(O)CO)C(=O)NC(CCC(=O)O)C(=O)NC(CCC(=O)NCC(O)C(O)C(O)C(O)CO)C(=O)NC(CCC(=O)O)C(=O)NC(CCC(=O)NCC(O)C(O)C(O)C(O)CO)C(=O)NC(CS)C(=O)O)cc3)nc2c(=O)[nH]1. The van der Waals surface area contributed by atoms with Crippen LogP contribution in [0.2, 0.25) is 0 Å². The van der Waals surface area contributed by atoms with Gasteiger partial charge in [-0.2, -0.15) is 17.6 Å². The van der Waals surface area contributed by atoms with Crippen LogP contribution in [0.25, 0.3) is 11.2 Å². The van der Waals surface area contributed by atoms with E-state index in [2.05, 4.69) is 85.7 Å². The van der Waals surface area contributed by atoms with Gasteiger partial charge < -0.3 is 156 Å². The third-order valence-corrected chi connectivity index (χ3v) is 17.1. The second kappa shape index (κ2) is 49.4. The highest BCUT2D eigenvalue weighted by molar-refractivity contribution is 7.80. The Labute approximate surface area is 645 Å². The Morgan fingerprint density at radius 2 is 0.796 bits per heavy atom. The molecule has 1 aromatic carbocycles. The van der Waals surface area contributed by atoms with E-state index in [0.717, 1.165) is 0 Å². The molecule has 10 amide bonds. The highest BCUT2D eigenvalue weighted by Crippen LogP contribution is 2.16. The molecule has 632 valence electrons. The molecule has 2 aromatic heterocycles. The molecule has 0 saturated carbocycles. The summed E-state index contributed by atoms with van der Waals surface area (Å²) in [5, 5.41) is 203. The van der Waals surface area contributed by atoms with E-state index < -0.39 is 308 Å². The molecule has 113 heavy (non-hydrogen) atoms. The Hall–Kier alpha value is -10.1. The fraction of sp³-hybridized carbons (Fsp3) is 0.609. The molecule has 2 heterocycles. The molecular weight excluding hydrogens is 1540 g/mol. The molecular formula is C64H98N16O32S. The number of nitrogens with zero attached hydrogens (tertiary/aromatic N) is 3. The number of aromatic amines is 1. The zero-order valence-electron chi connectivity index (χ0n) is 60.3. The lowest BCUT2D eigenvalue weighted by Gasteiger charge is -2.28. The summed E-state index contributed by atoms with van der Waals surface area (Å²) in [5.41, 5.74) is 5.93. The molecule has 0 bridgehead atoms. The number of benzene rings is 1. The van der Waals surface area contributed by atoms with Crippen LogP contribution in [0.4, 0.5) is 11.6 Å². The van der Waals surface area contributed by atoms with Gasteiger partial charge in [-0.25, -0.2) is 14.8 Å². The summed E-state index contributed by atoms with van der Waals surface area (Å²) in [6, 6.07) is -6.17. The number of amides is 10. The first-order valence-corrected chi connectivity index (χ1v) is 35.4. The standard InChI is InChI=1S/C64H98N16O32S/c65-64-79-55-48(62(110)80-64)72-29(19-71-55)18-67-28-5-3-27(4-6-28)56(104)66-17-1-2-45(93)73-30(7-12-42(90)68-20-36(84)49(98)52(101)39(87)23-81)57(105)76-33(10-15-46(94)95)59(107)74-31(8-13-43(91)69-21-37(85)50(99)53(102)40(88)24-82)58(106)77-34(11-16-47(96)97)60(108)75-32(61(109)78-35(26-113)63(111)112)9-14-44(92)70-22-38(86)51(100)54(103)41(89)25-83/h3-6,19,30-41,49-54,67,81-89,98-103,113H,1-2,7-18,20-26H2,(H,66,104)(H,68,90)(H,69,91)(H,70,92)(H,73,93)(H,74,107)(H,75,108)(H,76,105)(H,77,106)(H,78,109)(H,94,95)(H,96,97)(H,111,112)(H3,65,71,79,80,110). The first-order chi connectivity index (χ1) is 53.2. The predicted molar refractivity (Wildman–Crippen MR) is 385 cm³/mol. The summed E-state index contributed by atoms with van der Waals surface area (Å²) in [5.74, 6) is -17.7. The Morgan fingerprint density at radius 1 is 0.442 bits per heavy atom. The number of H-pyrrole nitrogens is 1. The maximum absolute atomic E-state index is 14.6. The number of thiol groups is 1. The van der Waals surface area contributed by atoms with Gasteiger partial charge in [0.1, 0.15) is 91.2 Å². The maximum Gasteiger partial charge on any atom is 0.327 e. The normalized spacial score (nSPS) is 16.2. The number of fused-ring (bicyclic) bond motifs is 1. The predicted octanol–water partition coefficient (Wildman–Crippen LogP) is -13.9. The smallest absolute Gasteiger partial charge is 0.327 e. The van der Waals surface area contributed by atoms with Crippen molar-refractivity contribution in [2.45, 2.75) is 193 Å². The first-order valence-electron chi connectivity index (χ1n) is 34.8. The van der Waals surface area contributed by atoms with Crippen LogP contribution in [0, 0.1) is 0 Å². The number of nitrogen functional groups attached to an aromatic ring is 1. The molecule has 0 fully saturated rings. The number of carboxylic acid groups (broad SMARTS) is 3. The van der Waals surface area contributed by atoms with Crippen LogP contribution >= 0.6 is 12.6 Å². The van der Waals surface area contributed by atoms with Gasteiger partial charge in [0.25, 0.3) is 11.5 Å². The van der Waals surface area contributed by atoms with E-state index in [-0.39, 0.29) is 42.2 Å². The van der Waals surface area contributed by atoms with Crippen LogP contribution in [0.5, 0.6) is 0 Å². The second-order valence-corrected chi connectivity index (χ2v) is 25.9. The lowest BCUT2D eigenvalue weighted by atomic mass is 10.0. The molecule has 18 unspecified atom stereocenters. The van der Waals surface area contributed by atoms with E-state index in [4.69, 9.17) is 15.9 Å². The number of nitrogens with one attached hydrogen (secondary N) is 12. The third kappa shape index (κ3) is 34.0. The number of aliphatic hydroxyl groups is 15. The van der Waals surface area contributed by atoms with Gasteiger partial charge in [0.05, 0.1) is 56.6 Å². The Balaban J connectivity index is 2.00. The van der Waals surface area contributed by atoms with E-state index in [0.29, 0.717) is 11.4 Å². The van der Waals surface area contributed by atoms with E-state index in [9.17, 15) is 149 Å². The molecule has 32 N–H and O–H groups in total. The topological polar surface area (TPSA) is 816 Å². The Kier molecular flexibility index (Phi) is 42.5. The number of rotatable bonds is 54. The minimum absolute atomic E-state index is 0.0243. The molecule has 18 atom stereocenters. The third-order valence-electron chi connectivity index (χ3n) is 16.7. The number of aliphatic hydroxyl groups excluding tert-OH is 15. The fourth-order valence-electron chi connectivity index (χ4n) is 10.0. The van der Waals surface area contributed by atoms with Crippen molar-refractivity contribution in [1.82, 2.24) is 73.1 Å². The summed E-state index contributed by atoms with van der Waals surface area (Å²) >= 11 is 3.88. The van der Waals surface area contributed by atoms with Gasteiger partial charge in [-0.1, -0.05) is 0 Å². The van der Waals surface area contributed by atoms with Crippen molar-refractivity contribution in [3.05, 3.63) is 52.1 Å². The van der Waals surface area contributed by atoms with Crippen molar-refractivity contribution in [3.8, 4) is 0 Å². The Morgan fingerprint density at radius 3 is 1.15 bits per heavy atom. The number of carbonyl (C=O) groups excluding carboxylic acids is 10. The average Bonchev–Trinajstić information content (AvgIpc) is 0.812. The minimum atomic E-state index is -2.22. The van der Waals surface area contributed by atoms with Crippen molar-refractivity contribution in [2.75, 3.05) is 62.8 Å². The fourth-order valence-corrected chi connectivity index (χ4v) is 10.3. The number of nitrogens with two attached hydrogens (primary N) is 1. The van der Waals surface area contributed by atoms with E-state index in [1.54, 1.807) is 12.1 Å². The number of aliphatic carboxylic acids is 3. The molecule has 0 aliphatic heterocycles. The van der Waals surface area contributed by atoms with Crippen molar-refractivity contribution < 1.29 is 154 Å². The summed E-state index contributed by atoms with van der Waals surface area (Å²) in [6.45, 7) is -5.91. The number of carbonyl (C=O) groups is 13. The summed E-state index contributed by atoms with van der Waals surface area (Å²) < 4.78 is 0. The highest BCUT2D eigenvalue weighted by Gasteiger charge is 2.37. The zero-order chi connectivity index (χ0) is 84.9. The lowest BCUT2D eigenvalue weighted by molar-refractivity contribution is -0.142. The molecule has 0 radical (unpaired) electrons. The largest absolute Gasteiger partial charge is 0.481 e. The second-order valence-electron chi connectivity index (χ2n) is 25.5. The van der Waals surface area contributed by atoms with Crippen LogP contribution in [0.1, 0.15) is 93.1 Å². The number of hydrogen-bond donors (Lipinski definition) is 32. The number of aromatic nitrogens is 4. The summed E-state index contributed by atoms with van der Waals surface area (Å²) in [6.07, 6.45) is -32.9. The highest BCUT2D eigenvalue weighted by atomic mass is 32.1. The van der Waals surface area contributed by atoms with Crippen LogP contribution in [-0.4, -0.2) is 350 Å². The van der Waals surface area contributed by atoms with E-state index >= 15 is 0 Å². The number of anilines is 2. The summed E-state index contributed by atoms with van der Waals surface area (Å²) in [4.78, 5) is 201. The molecule has 3 aromatic rings. The average molecular weight is 1640 g/mol. The van der Waals surface area contributed by atoms with Gasteiger partial charge in [0.15, 0.2) is 11.2 Å². The lowest BCUT2D eigenvalue weighted by Crippen LogP contribution is -2.59. The molecule has 0 aliphatic rings. The zero-order valence-corrected chi connectivity index (χ0v) is 61.2. The van der Waals surface area contributed by atoms with Crippen molar-refractivity contribution >= 4 is 112 Å².